The lowest BCUT2D eigenvalue weighted by Crippen LogP contribution is -2.60. The van der Waals surface area contributed by atoms with Gasteiger partial charge in [0.25, 0.3) is 0 Å². The molecule has 2 aliphatic heterocycles. The Balaban J connectivity index is 1.34. The highest BCUT2D eigenvalue weighted by atomic mass is 16.5. The van der Waals surface area contributed by atoms with Crippen LogP contribution in [0.5, 0.6) is 0 Å². The van der Waals surface area contributed by atoms with Crippen LogP contribution in [0.15, 0.2) is 0 Å². The summed E-state index contributed by atoms with van der Waals surface area (Å²) in [5, 5.41) is 19.9. The minimum Gasteiger partial charge on any atom is -0.393 e. The molecule has 1 saturated carbocycles. The lowest BCUT2D eigenvalue weighted by Gasteiger charge is -2.50. The van der Waals surface area contributed by atoms with E-state index in [4.69, 9.17) is 9.47 Å². The molecule has 6 heteroatoms. The maximum Gasteiger partial charge on any atom is 0.108 e. The number of likely N-dealkylation sites (tertiary alicyclic amines) is 1. The zero-order chi connectivity index (χ0) is 21.0. The van der Waals surface area contributed by atoms with E-state index >= 15 is 0 Å². The Morgan fingerprint density at radius 3 is 2.48 bits per heavy atom. The molecule has 2 heterocycles. The Morgan fingerprint density at radius 1 is 1.10 bits per heavy atom. The van der Waals surface area contributed by atoms with E-state index in [-0.39, 0.29) is 17.3 Å². The third kappa shape index (κ3) is 7.20. The monoisotopic (exact) mass is 408 g/mol. The van der Waals surface area contributed by atoms with E-state index < -0.39 is 5.60 Å². The summed E-state index contributed by atoms with van der Waals surface area (Å²) >= 11 is 0. The largest absolute Gasteiger partial charge is 0.393 e. The summed E-state index contributed by atoms with van der Waals surface area (Å²) in [4.78, 5) is 4.87. The van der Waals surface area contributed by atoms with Crippen molar-refractivity contribution in [2.45, 2.75) is 82.2 Å². The van der Waals surface area contributed by atoms with Crippen molar-refractivity contribution >= 4 is 0 Å². The number of piperidine rings is 1. The quantitative estimate of drug-likeness (QED) is 0.515. The lowest BCUT2D eigenvalue weighted by molar-refractivity contribution is -0.156. The first-order valence-electron chi connectivity index (χ1n) is 11.3. The number of rotatable bonds is 6. The molecule has 3 aliphatic rings. The molecule has 3 rings (SSSR count). The average molecular weight is 409 g/mol. The highest BCUT2D eigenvalue weighted by Crippen LogP contribution is 2.35. The van der Waals surface area contributed by atoms with Gasteiger partial charge in [0.2, 0.25) is 0 Å². The summed E-state index contributed by atoms with van der Waals surface area (Å²) in [6.07, 6.45) is 4.75. The SMILES string of the molecule is CC(C)(C)OCC#CCCCN1CCOC2(CCN(CC3(O)CC(O)C3)CC2)C1. The number of hydrogen-bond donors (Lipinski definition) is 2. The fourth-order valence-corrected chi connectivity index (χ4v) is 4.68. The Hall–Kier alpha value is -0.680. The van der Waals surface area contributed by atoms with Crippen molar-refractivity contribution in [1.29, 1.82) is 0 Å². The second-order valence-corrected chi connectivity index (χ2v) is 10.2. The Labute approximate surface area is 176 Å². The molecular formula is C23H40N2O4. The number of morpholine rings is 1. The van der Waals surface area contributed by atoms with Crippen molar-refractivity contribution in [1.82, 2.24) is 9.80 Å². The molecule has 0 unspecified atom stereocenters. The fraction of sp³-hybridized carbons (Fsp3) is 0.913. The maximum absolute atomic E-state index is 10.4. The van der Waals surface area contributed by atoms with Crippen molar-refractivity contribution in [3.63, 3.8) is 0 Å². The van der Waals surface area contributed by atoms with E-state index in [2.05, 4.69) is 21.6 Å². The normalized spacial score (nSPS) is 30.6. The first-order chi connectivity index (χ1) is 13.7. The molecule has 6 nitrogen and oxygen atoms in total. The van der Waals surface area contributed by atoms with Crippen LogP contribution in [0, 0.1) is 11.8 Å². The summed E-state index contributed by atoms with van der Waals surface area (Å²) in [7, 11) is 0. The van der Waals surface area contributed by atoms with Crippen LogP contribution >= 0.6 is 0 Å². The number of nitrogens with zero attached hydrogens (tertiary/aromatic N) is 2. The van der Waals surface area contributed by atoms with Gasteiger partial charge in [0.15, 0.2) is 0 Å². The first kappa shape index (κ1) is 23.0. The summed E-state index contributed by atoms with van der Waals surface area (Å²) in [5.41, 5.74) is -0.825. The second-order valence-electron chi connectivity index (χ2n) is 10.2. The molecule has 1 aliphatic carbocycles. The Kier molecular flexibility index (Phi) is 7.64. The van der Waals surface area contributed by atoms with Gasteiger partial charge in [-0.25, -0.2) is 0 Å². The standard InChI is InChI=1S/C23H40N2O4/c1-21(2,3)28-14-7-5-4-6-10-24-13-15-29-23(19-24)8-11-25(12-9-23)18-22(27)16-20(26)17-22/h20,26-27H,4,6,8-19H2,1-3H3. The minimum absolute atomic E-state index is 0.0251. The van der Waals surface area contributed by atoms with Crippen LogP contribution in [0.2, 0.25) is 0 Å². The van der Waals surface area contributed by atoms with Gasteiger partial charge in [-0.15, -0.1) is 5.92 Å². The van der Waals surface area contributed by atoms with Crippen molar-refractivity contribution in [3.05, 3.63) is 0 Å². The molecule has 2 saturated heterocycles. The van der Waals surface area contributed by atoms with Gasteiger partial charge in [-0.05, 0) is 46.6 Å². The highest BCUT2D eigenvalue weighted by molar-refractivity contribution is 5.01. The molecule has 0 aromatic carbocycles. The summed E-state index contributed by atoms with van der Waals surface area (Å²) < 4.78 is 11.9. The van der Waals surface area contributed by atoms with Crippen LogP contribution in [-0.2, 0) is 9.47 Å². The summed E-state index contributed by atoms with van der Waals surface area (Å²) in [6, 6.07) is 0. The molecule has 0 bridgehead atoms. The topological polar surface area (TPSA) is 65.4 Å². The number of aliphatic hydroxyl groups excluding tert-OH is 1. The van der Waals surface area contributed by atoms with E-state index in [9.17, 15) is 10.2 Å². The van der Waals surface area contributed by atoms with E-state index in [1.54, 1.807) is 0 Å². The van der Waals surface area contributed by atoms with Gasteiger partial charge in [-0.3, -0.25) is 4.90 Å². The highest BCUT2D eigenvalue weighted by Gasteiger charge is 2.45. The molecule has 0 radical (unpaired) electrons. The molecule has 0 atom stereocenters. The molecule has 0 aromatic heterocycles. The molecule has 0 amide bonds. The van der Waals surface area contributed by atoms with Crippen LogP contribution in [0.4, 0.5) is 0 Å². The van der Waals surface area contributed by atoms with Crippen molar-refractivity contribution in [2.24, 2.45) is 0 Å². The average Bonchev–Trinajstić information content (AvgIpc) is 2.61. The molecule has 0 aromatic rings. The number of ether oxygens (including phenoxy) is 2. The zero-order valence-corrected chi connectivity index (χ0v) is 18.6. The molecular weight excluding hydrogens is 368 g/mol. The molecule has 29 heavy (non-hydrogen) atoms. The molecule has 166 valence electrons. The van der Waals surface area contributed by atoms with Crippen LogP contribution < -0.4 is 0 Å². The molecule has 1 spiro atoms. The predicted molar refractivity (Wildman–Crippen MR) is 114 cm³/mol. The van der Waals surface area contributed by atoms with Gasteiger partial charge in [0.1, 0.15) is 6.61 Å². The molecule has 3 fully saturated rings. The third-order valence-corrected chi connectivity index (χ3v) is 6.32. The van der Waals surface area contributed by atoms with Gasteiger partial charge in [-0.2, -0.15) is 0 Å². The smallest absolute Gasteiger partial charge is 0.108 e. The van der Waals surface area contributed by atoms with Gasteiger partial charge in [-0.1, -0.05) is 5.92 Å². The number of hydrogen-bond acceptors (Lipinski definition) is 6. The minimum atomic E-state index is -0.678. The summed E-state index contributed by atoms with van der Waals surface area (Å²) in [5.74, 6) is 6.34. The Morgan fingerprint density at radius 2 is 1.83 bits per heavy atom. The van der Waals surface area contributed by atoms with E-state index in [1.807, 2.05) is 20.8 Å². The van der Waals surface area contributed by atoms with Crippen molar-refractivity contribution in [3.8, 4) is 11.8 Å². The van der Waals surface area contributed by atoms with Crippen LogP contribution in [0.1, 0.15) is 59.3 Å². The van der Waals surface area contributed by atoms with Crippen molar-refractivity contribution < 1.29 is 19.7 Å². The number of unbranched alkanes of at least 4 members (excludes halogenated alkanes) is 1. The summed E-state index contributed by atoms with van der Waals surface area (Å²) in [6.45, 7) is 13.1. The number of β-amino-alcohol motifs (C(OH)–C–C–N with tert-alkyl or cyclic N) is 1. The van der Waals surface area contributed by atoms with E-state index in [0.29, 0.717) is 26.0 Å². The number of aliphatic hydroxyl groups is 2. The predicted octanol–water partition coefficient (Wildman–Crippen LogP) is 1.64. The Bertz CT molecular complexity index is 578. The fourth-order valence-electron chi connectivity index (χ4n) is 4.68. The molecule has 2 N–H and O–H groups in total. The third-order valence-electron chi connectivity index (χ3n) is 6.32. The van der Waals surface area contributed by atoms with Crippen LogP contribution in [0.25, 0.3) is 0 Å². The zero-order valence-electron chi connectivity index (χ0n) is 18.6. The van der Waals surface area contributed by atoms with Crippen LogP contribution in [-0.4, -0.2) is 95.4 Å². The van der Waals surface area contributed by atoms with E-state index in [0.717, 1.165) is 65.0 Å². The first-order valence-corrected chi connectivity index (χ1v) is 11.3. The lowest BCUT2D eigenvalue weighted by atomic mass is 9.76. The van der Waals surface area contributed by atoms with Gasteiger partial charge >= 0.3 is 0 Å². The maximum atomic E-state index is 10.4. The van der Waals surface area contributed by atoms with Gasteiger partial charge in [0.05, 0.1) is 29.5 Å². The van der Waals surface area contributed by atoms with Gasteiger partial charge < -0.3 is 24.6 Å². The van der Waals surface area contributed by atoms with E-state index in [1.165, 1.54) is 0 Å². The second kappa shape index (κ2) is 9.64. The van der Waals surface area contributed by atoms with Crippen molar-refractivity contribution in [2.75, 3.05) is 52.5 Å². The van der Waals surface area contributed by atoms with Crippen LogP contribution in [0.3, 0.4) is 0 Å². The van der Waals surface area contributed by atoms with Gasteiger partial charge in [0, 0.05) is 52.0 Å².